The van der Waals surface area contributed by atoms with Crippen LogP contribution in [0.2, 0.25) is 0 Å². The van der Waals surface area contributed by atoms with E-state index in [1.807, 2.05) is 11.6 Å². The minimum absolute atomic E-state index is 0.0470. The van der Waals surface area contributed by atoms with Gasteiger partial charge >= 0.3 is 5.97 Å². The number of carboxylic acids is 1. The van der Waals surface area contributed by atoms with Crippen molar-refractivity contribution < 1.29 is 24.0 Å². The highest BCUT2D eigenvalue weighted by atomic mass is 32.1. The molecule has 1 aromatic carbocycles. The van der Waals surface area contributed by atoms with Crippen molar-refractivity contribution in [2.45, 2.75) is 32.4 Å². The summed E-state index contributed by atoms with van der Waals surface area (Å²) in [6.45, 7) is 0.906. The number of amides is 1. The van der Waals surface area contributed by atoms with E-state index in [1.165, 1.54) is 17.4 Å². The molecule has 0 spiro atoms. The van der Waals surface area contributed by atoms with Gasteiger partial charge in [0.15, 0.2) is 16.6 Å². The molecule has 0 radical (unpaired) electrons. The van der Waals surface area contributed by atoms with E-state index in [1.54, 1.807) is 35.1 Å². The lowest BCUT2D eigenvalue weighted by molar-refractivity contribution is -0.116. The summed E-state index contributed by atoms with van der Waals surface area (Å²) in [4.78, 5) is 26.8. The number of aryl methyl sites for hydroxylation is 1. The largest absolute Gasteiger partial charge is 0.487 e. The van der Waals surface area contributed by atoms with Crippen LogP contribution < -0.4 is 10.1 Å². The van der Waals surface area contributed by atoms with Gasteiger partial charge in [-0.05, 0) is 37.1 Å². The number of unbranched alkanes of at least 4 members (excludes halogenated alkanes) is 1. The Labute approximate surface area is 192 Å². The molecule has 4 rings (SSSR count). The summed E-state index contributed by atoms with van der Waals surface area (Å²) >= 11 is 1.39. The maximum Gasteiger partial charge on any atom is 0.358 e. The molecule has 33 heavy (non-hydrogen) atoms. The van der Waals surface area contributed by atoms with Crippen molar-refractivity contribution in [3.8, 4) is 17.1 Å². The molecule has 0 saturated heterocycles. The van der Waals surface area contributed by atoms with Crippen LogP contribution in [0.3, 0.4) is 0 Å². The molecular formula is C21H20N6O5S. The van der Waals surface area contributed by atoms with Crippen molar-refractivity contribution in [3.63, 3.8) is 0 Å². The third-order valence-corrected chi connectivity index (χ3v) is 5.25. The van der Waals surface area contributed by atoms with E-state index in [0.29, 0.717) is 40.9 Å². The van der Waals surface area contributed by atoms with Crippen LogP contribution in [-0.2, 0) is 17.9 Å². The summed E-state index contributed by atoms with van der Waals surface area (Å²) in [6.07, 6.45) is 5.41. The number of thiazole rings is 1. The van der Waals surface area contributed by atoms with Gasteiger partial charge in [-0.2, -0.15) is 0 Å². The fourth-order valence-corrected chi connectivity index (χ4v) is 3.47. The van der Waals surface area contributed by atoms with Gasteiger partial charge < -0.3 is 19.7 Å². The van der Waals surface area contributed by atoms with Crippen molar-refractivity contribution in [1.82, 2.24) is 25.1 Å². The number of ether oxygens (including phenoxy) is 1. The first-order valence-electron chi connectivity index (χ1n) is 10.1. The Bertz CT molecular complexity index is 1200. The Kier molecular flexibility index (Phi) is 7.05. The van der Waals surface area contributed by atoms with Crippen molar-refractivity contribution in [2.24, 2.45) is 0 Å². The van der Waals surface area contributed by atoms with Crippen LogP contribution in [0.15, 0.2) is 52.6 Å². The van der Waals surface area contributed by atoms with Crippen LogP contribution in [0.4, 0.5) is 5.13 Å². The van der Waals surface area contributed by atoms with Gasteiger partial charge in [-0.1, -0.05) is 10.4 Å². The number of anilines is 1. The molecule has 1 amide bonds. The molecule has 170 valence electrons. The standard InChI is InChI=1S/C21H20N6O5S/c28-19(23-21-22-8-10-33-21)3-1-2-9-27-12-15(24-26-27)13-31-16-6-4-14(5-7-16)18-11-17(20(29)30)25-32-18/h4-8,10-12H,1-3,9,13H2,(H,29,30)(H,22,23,28). The number of carboxylic acid groups (broad SMARTS) is 1. The monoisotopic (exact) mass is 468 g/mol. The number of hydrogen-bond acceptors (Lipinski definition) is 9. The van der Waals surface area contributed by atoms with Crippen molar-refractivity contribution in [3.05, 3.63) is 59.5 Å². The predicted octanol–water partition coefficient (Wildman–Crippen LogP) is 3.48. The summed E-state index contributed by atoms with van der Waals surface area (Å²) in [5.41, 5.74) is 1.22. The number of nitrogens with zero attached hydrogens (tertiary/aromatic N) is 5. The minimum atomic E-state index is -1.14. The van der Waals surface area contributed by atoms with Gasteiger partial charge in [0.2, 0.25) is 5.91 Å². The van der Waals surface area contributed by atoms with Crippen LogP contribution in [0.5, 0.6) is 5.75 Å². The first-order valence-corrected chi connectivity index (χ1v) is 11.0. The molecule has 3 heterocycles. The average Bonchev–Trinajstić information content (AvgIpc) is 3.58. The van der Waals surface area contributed by atoms with Gasteiger partial charge in [-0.3, -0.25) is 9.48 Å². The lowest BCUT2D eigenvalue weighted by Crippen LogP contribution is -2.11. The number of aromatic carboxylic acids is 1. The first kappa shape index (κ1) is 22.1. The van der Waals surface area contributed by atoms with E-state index in [0.717, 1.165) is 12.8 Å². The average molecular weight is 468 g/mol. The topological polar surface area (TPSA) is 145 Å². The highest BCUT2D eigenvalue weighted by Gasteiger charge is 2.12. The van der Waals surface area contributed by atoms with Gasteiger partial charge in [0.05, 0.1) is 6.20 Å². The molecule has 0 aliphatic heterocycles. The molecule has 2 N–H and O–H groups in total. The van der Waals surface area contributed by atoms with Gasteiger partial charge in [0, 0.05) is 36.2 Å². The van der Waals surface area contributed by atoms with E-state index < -0.39 is 5.97 Å². The number of rotatable bonds is 11. The Morgan fingerprint density at radius 1 is 1.21 bits per heavy atom. The Balaban J connectivity index is 1.18. The van der Waals surface area contributed by atoms with Crippen molar-refractivity contribution >= 4 is 28.3 Å². The van der Waals surface area contributed by atoms with E-state index in [2.05, 4.69) is 25.8 Å². The fourth-order valence-electron chi connectivity index (χ4n) is 2.92. The van der Waals surface area contributed by atoms with E-state index >= 15 is 0 Å². The minimum Gasteiger partial charge on any atom is -0.487 e. The third-order valence-electron chi connectivity index (χ3n) is 4.56. The van der Waals surface area contributed by atoms with Crippen LogP contribution in [0, 0.1) is 0 Å². The number of carbonyl (C=O) groups excluding carboxylic acids is 1. The highest BCUT2D eigenvalue weighted by molar-refractivity contribution is 7.13. The molecule has 3 aromatic heterocycles. The molecule has 11 nitrogen and oxygen atoms in total. The first-order chi connectivity index (χ1) is 16.1. The maximum absolute atomic E-state index is 11.8. The number of hydrogen-bond donors (Lipinski definition) is 2. The second-order valence-electron chi connectivity index (χ2n) is 7.01. The lowest BCUT2D eigenvalue weighted by atomic mass is 10.1. The number of nitrogens with one attached hydrogen (secondary N) is 1. The quantitative estimate of drug-likeness (QED) is 0.316. The van der Waals surface area contributed by atoms with Crippen LogP contribution >= 0.6 is 11.3 Å². The van der Waals surface area contributed by atoms with E-state index in [-0.39, 0.29) is 18.2 Å². The molecule has 12 heteroatoms. The molecule has 0 fully saturated rings. The predicted molar refractivity (Wildman–Crippen MR) is 118 cm³/mol. The molecule has 0 atom stereocenters. The van der Waals surface area contributed by atoms with Crippen molar-refractivity contribution in [1.29, 1.82) is 0 Å². The second-order valence-corrected chi connectivity index (χ2v) is 7.90. The zero-order chi connectivity index (χ0) is 23.0. The lowest BCUT2D eigenvalue weighted by Gasteiger charge is -2.04. The number of carbonyl (C=O) groups is 2. The summed E-state index contributed by atoms with van der Waals surface area (Å²) in [5.74, 6) is -0.204. The summed E-state index contributed by atoms with van der Waals surface area (Å²) < 4.78 is 12.5. The van der Waals surface area contributed by atoms with Crippen LogP contribution in [-0.4, -0.2) is 42.1 Å². The smallest absolute Gasteiger partial charge is 0.358 e. The zero-order valence-corrected chi connectivity index (χ0v) is 18.2. The summed E-state index contributed by atoms with van der Waals surface area (Å²) in [7, 11) is 0. The molecular weight excluding hydrogens is 448 g/mol. The SMILES string of the molecule is O=C(CCCCn1cc(COc2ccc(-c3cc(C(=O)O)no3)cc2)nn1)Nc1nccs1. The van der Waals surface area contributed by atoms with Crippen LogP contribution in [0.25, 0.3) is 11.3 Å². The Morgan fingerprint density at radius 2 is 2.06 bits per heavy atom. The molecule has 0 aliphatic rings. The van der Waals surface area contributed by atoms with Gasteiger partial charge in [-0.15, -0.1) is 16.4 Å². The molecule has 0 bridgehead atoms. The number of aromatic nitrogens is 5. The Hall–Kier alpha value is -4.06. The second kappa shape index (κ2) is 10.5. The summed E-state index contributed by atoms with van der Waals surface area (Å²) in [6, 6.07) is 8.37. The van der Waals surface area contributed by atoms with Crippen LogP contribution in [0.1, 0.15) is 35.4 Å². The van der Waals surface area contributed by atoms with Gasteiger partial charge in [-0.25, -0.2) is 9.78 Å². The van der Waals surface area contributed by atoms with E-state index in [4.69, 9.17) is 14.4 Å². The highest BCUT2D eigenvalue weighted by Crippen LogP contribution is 2.23. The molecule has 0 unspecified atom stereocenters. The third kappa shape index (κ3) is 6.23. The van der Waals surface area contributed by atoms with Crippen molar-refractivity contribution in [2.75, 3.05) is 5.32 Å². The molecule has 0 saturated carbocycles. The summed E-state index contributed by atoms with van der Waals surface area (Å²) in [5, 5.41) is 25.8. The zero-order valence-electron chi connectivity index (χ0n) is 17.4. The maximum atomic E-state index is 11.8. The van der Waals surface area contributed by atoms with Gasteiger partial charge in [0.25, 0.3) is 0 Å². The normalized spacial score (nSPS) is 10.8. The van der Waals surface area contributed by atoms with E-state index in [9.17, 15) is 9.59 Å². The molecule has 4 aromatic rings. The number of benzene rings is 1. The molecule has 0 aliphatic carbocycles. The fraction of sp³-hybridized carbons (Fsp3) is 0.238. The Morgan fingerprint density at radius 3 is 2.79 bits per heavy atom. The van der Waals surface area contributed by atoms with Gasteiger partial charge in [0.1, 0.15) is 18.1 Å².